The second-order valence-corrected chi connectivity index (χ2v) is 3.52. The second-order valence-electron chi connectivity index (χ2n) is 1.74. The summed E-state index contributed by atoms with van der Waals surface area (Å²) in [5.41, 5.74) is 0. The fourth-order valence-corrected chi connectivity index (χ4v) is 1.09. The molecule has 0 unspecified atom stereocenters. The van der Waals surface area contributed by atoms with Gasteiger partial charge < -0.3 is 9.79 Å². The van der Waals surface area contributed by atoms with Crippen molar-refractivity contribution < 1.29 is 55.2 Å². The third-order valence-corrected chi connectivity index (χ3v) is 1.70. The molecule has 0 aliphatic heterocycles. The van der Waals surface area contributed by atoms with Crippen molar-refractivity contribution in [1.29, 1.82) is 0 Å². The molecule has 0 atom stereocenters. The van der Waals surface area contributed by atoms with Crippen molar-refractivity contribution in [2.45, 2.75) is 19.8 Å². The average molecular weight is 282 g/mol. The van der Waals surface area contributed by atoms with E-state index in [4.69, 9.17) is 9.79 Å². The predicted molar refractivity (Wildman–Crippen MR) is 31.8 cm³/mol. The maximum Gasteiger partial charge on any atom is 0.325 e. The number of hydrogen-bond donors (Lipinski definition) is 2. The first-order chi connectivity index (χ1) is 3.56. The molecule has 54 valence electrons. The van der Waals surface area contributed by atoms with Crippen LogP contribution in [-0.2, 0) is 4.57 Å². The average Bonchev–Trinajstić information content (AvgIpc) is 1.59. The first-order valence-corrected chi connectivity index (χ1v) is 4.40. The topological polar surface area (TPSA) is 57.5 Å². The van der Waals surface area contributed by atoms with E-state index in [-0.39, 0.29) is 47.0 Å². The molecule has 0 aromatic carbocycles. The van der Waals surface area contributed by atoms with Crippen LogP contribution < -0.4 is 0 Å². The summed E-state index contributed by atoms with van der Waals surface area (Å²) < 4.78 is 10.1. The SMILES string of the molecule is CCCCP(=O)(O)O.[Nd]. The van der Waals surface area contributed by atoms with E-state index < -0.39 is 7.60 Å². The van der Waals surface area contributed by atoms with Crippen LogP contribution in [0.1, 0.15) is 19.8 Å². The van der Waals surface area contributed by atoms with E-state index in [9.17, 15) is 4.57 Å². The zero-order valence-electron chi connectivity index (χ0n) is 5.37. The van der Waals surface area contributed by atoms with Crippen molar-refractivity contribution in [3.05, 3.63) is 0 Å². The molecular weight excluding hydrogens is 271 g/mol. The van der Waals surface area contributed by atoms with Gasteiger partial charge in [-0.25, -0.2) is 0 Å². The van der Waals surface area contributed by atoms with Gasteiger partial charge in [-0.15, -0.1) is 0 Å². The molecule has 3 nitrogen and oxygen atoms in total. The molecule has 0 saturated carbocycles. The molecule has 0 aliphatic rings. The molecule has 0 radical (unpaired) electrons. The fourth-order valence-electron chi connectivity index (χ4n) is 0.364. The van der Waals surface area contributed by atoms with Gasteiger partial charge in [-0.3, -0.25) is 4.57 Å². The van der Waals surface area contributed by atoms with Crippen LogP contribution in [0.15, 0.2) is 0 Å². The smallest absolute Gasteiger partial charge is 0.324 e. The molecule has 0 rings (SSSR count). The summed E-state index contributed by atoms with van der Waals surface area (Å²) in [4.78, 5) is 16.5. The molecule has 5 heteroatoms. The molecular formula is C4H11NdO3P. The van der Waals surface area contributed by atoms with Gasteiger partial charge in [0.25, 0.3) is 0 Å². The van der Waals surface area contributed by atoms with Crippen molar-refractivity contribution in [2.24, 2.45) is 0 Å². The Kier molecular flexibility index (Phi) is 9.07. The number of hydrogen-bond acceptors (Lipinski definition) is 1. The quantitative estimate of drug-likeness (QED) is 0.758. The summed E-state index contributed by atoms with van der Waals surface area (Å²) in [5.74, 6) is 0. The van der Waals surface area contributed by atoms with Crippen LogP contribution >= 0.6 is 7.60 Å². The molecule has 0 aromatic rings. The molecule has 0 fully saturated rings. The maximum atomic E-state index is 10.1. The minimum atomic E-state index is -3.68. The molecule has 0 saturated heterocycles. The van der Waals surface area contributed by atoms with Crippen molar-refractivity contribution in [2.75, 3.05) is 6.16 Å². The van der Waals surface area contributed by atoms with Gasteiger partial charge in [-0.05, 0) is 6.42 Å². The molecule has 0 aliphatic carbocycles. The Bertz CT molecular complexity index is 100.0. The molecule has 0 amide bonds. The van der Waals surface area contributed by atoms with Crippen LogP contribution in [0.4, 0.5) is 0 Å². The van der Waals surface area contributed by atoms with Crippen LogP contribution in [-0.4, -0.2) is 15.9 Å². The van der Waals surface area contributed by atoms with Crippen LogP contribution in [0, 0.1) is 40.8 Å². The van der Waals surface area contributed by atoms with Gasteiger partial charge in [0.2, 0.25) is 0 Å². The summed E-state index contributed by atoms with van der Waals surface area (Å²) in [6.45, 7) is 1.90. The first kappa shape index (κ1) is 13.1. The van der Waals surface area contributed by atoms with Crippen molar-refractivity contribution in [3.63, 3.8) is 0 Å². The Morgan fingerprint density at radius 3 is 2.00 bits per heavy atom. The van der Waals surface area contributed by atoms with E-state index in [2.05, 4.69) is 0 Å². The third kappa shape index (κ3) is 12.6. The van der Waals surface area contributed by atoms with Crippen molar-refractivity contribution >= 4 is 7.60 Å². The van der Waals surface area contributed by atoms with Gasteiger partial charge in [-0.2, -0.15) is 0 Å². The maximum absolute atomic E-state index is 10.1. The Balaban J connectivity index is 0. The molecule has 0 bridgehead atoms. The van der Waals surface area contributed by atoms with Gasteiger partial charge in [0.1, 0.15) is 0 Å². The van der Waals surface area contributed by atoms with E-state index in [0.29, 0.717) is 6.42 Å². The van der Waals surface area contributed by atoms with Gasteiger partial charge in [0, 0.05) is 47.0 Å². The third-order valence-electron chi connectivity index (χ3n) is 0.803. The van der Waals surface area contributed by atoms with E-state index in [1.807, 2.05) is 6.92 Å². The predicted octanol–water partition coefficient (Wildman–Crippen LogP) is 0.964. The summed E-state index contributed by atoms with van der Waals surface area (Å²) in [7, 11) is -3.68. The first-order valence-electron chi connectivity index (χ1n) is 2.61. The fraction of sp³-hybridized carbons (Fsp3) is 1.00. The van der Waals surface area contributed by atoms with E-state index >= 15 is 0 Å². The molecule has 0 aromatic heterocycles. The van der Waals surface area contributed by atoms with Gasteiger partial charge >= 0.3 is 7.60 Å². The van der Waals surface area contributed by atoms with E-state index in [1.54, 1.807) is 0 Å². The summed E-state index contributed by atoms with van der Waals surface area (Å²) in [6.07, 6.45) is 1.49. The van der Waals surface area contributed by atoms with Crippen molar-refractivity contribution in [1.82, 2.24) is 0 Å². The van der Waals surface area contributed by atoms with Crippen LogP contribution in [0.25, 0.3) is 0 Å². The molecule has 0 heterocycles. The monoisotopic (exact) mass is 280 g/mol. The Hall–Kier alpha value is 1.50. The molecule has 9 heavy (non-hydrogen) atoms. The number of unbranched alkanes of at least 4 members (excludes halogenated alkanes) is 1. The van der Waals surface area contributed by atoms with E-state index in [1.165, 1.54) is 0 Å². The van der Waals surface area contributed by atoms with Crippen LogP contribution in [0.5, 0.6) is 0 Å². The Morgan fingerprint density at radius 1 is 1.44 bits per heavy atom. The standard InChI is InChI=1S/C4H11O3P.Nd/c1-2-3-4-8(5,6)7;/h2-4H2,1H3,(H2,5,6,7);. The van der Waals surface area contributed by atoms with Gasteiger partial charge in [-0.1, -0.05) is 13.3 Å². The molecule has 2 N–H and O–H groups in total. The van der Waals surface area contributed by atoms with Gasteiger partial charge in [0.15, 0.2) is 0 Å². The van der Waals surface area contributed by atoms with Gasteiger partial charge in [0.05, 0.1) is 0 Å². The van der Waals surface area contributed by atoms with E-state index in [0.717, 1.165) is 6.42 Å². The second kappa shape index (κ2) is 6.23. The zero-order valence-corrected chi connectivity index (χ0v) is 9.47. The van der Waals surface area contributed by atoms with Crippen molar-refractivity contribution in [3.8, 4) is 0 Å². The Labute approximate surface area is 87.9 Å². The van der Waals surface area contributed by atoms with Crippen LogP contribution in [0.3, 0.4) is 0 Å². The minimum Gasteiger partial charge on any atom is -0.324 e. The minimum absolute atomic E-state index is 0. The molecule has 0 spiro atoms. The van der Waals surface area contributed by atoms with Crippen LogP contribution in [0.2, 0.25) is 0 Å². The summed E-state index contributed by atoms with van der Waals surface area (Å²) in [5, 5.41) is 0. The number of rotatable bonds is 3. The normalized spacial score (nSPS) is 10.6. The summed E-state index contributed by atoms with van der Waals surface area (Å²) >= 11 is 0. The largest absolute Gasteiger partial charge is 0.325 e. The zero-order chi connectivity index (χ0) is 6.62. The summed E-state index contributed by atoms with van der Waals surface area (Å²) in [6, 6.07) is 0. The Morgan fingerprint density at radius 2 is 1.89 bits per heavy atom.